The largest absolute Gasteiger partial charge is 0.364 e. The third-order valence-electron chi connectivity index (χ3n) is 3.72. The molecular weight excluding hydrogens is 244 g/mol. The van der Waals surface area contributed by atoms with E-state index in [-0.39, 0.29) is 11.8 Å². The van der Waals surface area contributed by atoms with Crippen LogP contribution in [-0.2, 0) is 9.59 Å². The molecule has 0 saturated carbocycles. The molecule has 0 atom stereocenters. The van der Waals surface area contributed by atoms with E-state index in [1.54, 1.807) is 36.0 Å². The fraction of sp³-hybridized carbons (Fsp3) is 0.462. The quantitative estimate of drug-likeness (QED) is 0.686. The van der Waals surface area contributed by atoms with Crippen molar-refractivity contribution in [3.8, 4) is 0 Å². The summed E-state index contributed by atoms with van der Waals surface area (Å²) in [7, 11) is 0. The van der Waals surface area contributed by atoms with Crippen LogP contribution in [0.5, 0.6) is 0 Å². The lowest BCUT2D eigenvalue weighted by Gasteiger charge is -2.43. The monoisotopic (exact) mass is 260 g/mol. The first kappa shape index (κ1) is 12.0. The number of aromatic nitrogens is 1. The minimum atomic E-state index is 0.00907. The maximum absolute atomic E-state index is 11.7. The van der Waals surface area contributed by atoms with E-state index >= 15 is 0 Å². The first-order valence-electron chi connectivity index (χ1n) is 6.38. The van der Waals surface area contributed by atoms with Gasteiger partial charge in [-0.3, -0.25) is 14.6 Å². The highest BCUT2D eigenvalue weighted by Crippen LogP contribution is 2.42. The average molecular weight is 260 g/mol. The molecule has 2 aliphatic heterocycles. The second-order valence-electron chi connectivity index (χ2n) is 4.85. The van der Waals surface area contributed by atoms with Gasteiger partial charge in [0.25, 0.3) is 0 Å². The first-order valence-corrected chi connectivity index (χ1v) is 6.38. The molecule has 0 bridgehead atoms. The molecule has 2 amide bonds. The molecule has 1 aromatic rings. The van der Waals surface area contributed by atoms with Gasteiger partial charge in [-0.2, -0.15) is 0 Å². The van der Waals surface area contributed by atoms with Crippen molar-refractivity contribution in [3.63, 3.8) is 0 Å². The van der Waals surface area contributed by atoms with E-state index in [9.17, 15) is 9.59 Å². The zero-order chi connectivity index (χ0) is 13.6. The summed E-state index contributed by atoms with van der Waals surface area (Å²) in [6, 6.07) is 0. The number of anilines is 3. The van der Waals surface area contributed by atoms with Gasteiger partial charge in [-0.15, -0.1) is 0 Å². The molecule has 0 radical (unpaired) electrons. The number of nitrogens with zero attached hydrogens (tertiary/aromatic N) is 4. The molecule has 0 unspecified atom stereocenters. The molecule has 19 heavy (non-hydrogen) atoms. The maximum Gasteiger partial charge on any atom is 0.224 e. The highest BCUT2D eigenvalue weighted by atomic mass is 16.2. The number of carbonyl (C=O) groups excluding carboxylic acids is 2. The Kier molecular flexibility index (Phi) is 2.66. The van der Waals surface area contributed by atoms with E-state index in [0.717, 1.165) is 30.2 Å². The van der Waals surface area contributed by atoms with Crippen molar-refractivity contribution in [3.05, 3.63) is 12.4 Å². The van der Waals surface area contributed by atoms with Crippen molar-refractivity contribution in [2.75, 3.05) is 40.9 Å². The summed E-state index contributed by atoms with van der Waals surface area (Å²) < 4.78 is 0. The van der Waals surface area contributed by atoms with Gasteiger partial charge in [-0.05, 0) is 0 Å². The van der Waals surface area contributed by atoms with Crippen molar-refractivity contribution in [1.82, 2.24) is 4.98 Å². The van der Waals surface area contributed by atoms with Crippen molar-refractivity contribution >= 4 is 28.9 Å². The normalized spacial score (nSPS) is 17.3. The molecule has 2 aliphatic rings. The van der Waals surface area contributed by atoms with Gasteiger partial charge in [0.15, 0.2) is 0 Å². The van der Waals surface area contributed by atoms with Gasteiger partial charge >= 0.3 is 0 Å². The summed E-state index contributed by atoms with van der Waals surface area (Å²) in [6.07, 6.45) is 3.41. The number of rotatable bonds is 0. The molecule has 0 fully saturated rings. The minimum Gasteiger partial charge on any atom is -0.364 e. The Hall–Kier alpha value is -2.11. The Balaban J connectivity index is 2.16. The topological polar surface area (TPSA) is 56.8 Å². The zero-order valence-electron chi connectivity index (χ0n) is 11.1. The minimum absolute atomic E-state index is 0.00907. The smallest absolute Gasteiger partial charge is 0.224 e. The molecule has 0 N–H and O–H groups in total. The molecule has 0 spiro atoms. The molecule has 1 aromatic heterocycles. The number of hydrogen-bond donors (Lipinski definition) is 0. The Morgan fingerprint density at radius 1 is 0.947 bits per heavy atom. The Morgan fingerprint density at radius 2 is 1.42 bits per heavy atom. The van der Waals surface area contributed by atoms with Crippen LogP contribution in [0.1, 0.15) is 13.8 Å². The van der Waals surface area contributed by atoms with Crippen molar-refractivity contribution in [1.29, 1.82) is 0 Å². The van der Waals surface area contributed by atoms with E-state index in [4.69, 9.17) is 0 Å². The summed E-state index contributed by atoms with van der Waals surface area (Å²) in [5.74, 6) is 0.0181. The number of amides is 2. The molecule has 0 saturated heterocycles. The Morgan fingerprint density at radius 3 is 1.84 bits per heavy atom. The molecular formula is C13H16N4O2. The van der Waals surface area contributed by atoms with Gasteiger partial charge in [0.1, 0.15) is 0 Å². The van der Waals surface area contributed by atoms with Gasteiger partial charge in [0, 0.05) is 40.0 Å². The maximum atomic E-state index is 11.7. The van der Waals surface area contributed by atoms with E-state index in [1.807, 2.05) is 0 Å². The lowest BCUT2D eigenvalue weighted by molar-refractivity contribution is -0.117. The van der Waals surface area contributed by atoms with Crippen LogP contribution >= 0.6 is 0 Å². The molecule has 6 nitrogen and oxygen atoms in total. The van der Waals surface area contributed by atoms with E-state index in [2.05, 4.69) is 9.88 Å². The zero-order valence-corrected chi connectivity index (χ0v) is 11.1. The molecule has 100 valence electrons. The Labute approximate surface area is 111 Å². The van der Waals surface area contributed by atoms with Crippen LogP contribution in [0.3, 0.4) is 0 Å². The SMILES string of the molecule is CC(=O)N1CCN2CCN(C(C)=O)c3cncc1c32. The predicted molar refractivity (Wildman–Crippen MR) is 72.5 cm³/mol. The van der Waals surface area contributed by atoms with E-state index in [1.165, 1.54) is 0 Å². The molecule has 0 aliphatic carbocycles. The van der Waals surface area contributed by atoms with Crippen LogP contribution in [-0.4, -0.2) is 43.0 Å². The third-order valence-corrected chi connectivity index (χ3v) is 3.72. The first-order chi connectivity index (χ1) is 9.09. The predicted octanol–water partition coefficient (Wildman–Crippen LogP) is 0.621. The summed E-state index contributed by atoms with van der Waals surface area (Å²) >= 11 is 0. The van der Waals surface area contributed by atoms with Gasteiger partial charge in [-0.1, -0.05) is 0 Å². The summed E-state index contributed by atoms with van der Waals surface area (Å²) in [4.78, 5) is 33.3. The second-order valence-corrected chi connectivity index (χ2v) is 4.85. The highest BCUT2D eigenvalue weighted by molar-refractivity contribution is 6.04. The standard InChI is InChI=1S/C13H16N4O2/c1-9(18)16-5-3-15-4-6-17(10(2)19)12-8-14-7-11(16)13(12)15/h7-8H,3-6H2,1-2H3. The second kappa shape index (κ2) is 4.22. The summed E-state index contributed by atoms with van der Waals surface area (Å²) in [5, 5.41) is 0. The molecule has 6 heteroatoms. The van der Waals surface area contributed by atoms with Crippen LogP contribution < -0.4 is 14.7 Å². The van der Waals surface area contributed by atoms with E-state index in [0.29, 0.717) is 13.1 Å². The van der Waals surface area contributed by atoms with Crippen LogP contribution in [0, 0.1) is 0 Å². The van der Waals surface area contributed by atoms with Crippen LogP contribution in [0.25, 0.3) is 0 Å². The number of pyridine rings is 1. The lowest BCUT2D eigenvalue weighted by atomic mass is 10.1. The highest BCUT2D eigenvalue weighted by Gasteiger charge is 2.33. The third kappa shape index (κ3) is 1.75. The van der Waals surface area contributed by atoms with Gasteiger partial charge in [-0.25, -0.2) is 0 Å². The number of carbonyl (C=O) groups is 2. The summed E-state index contributed by atoms with van der Waals surface area (Å²) in [5.41, 5.74) is 2.57. The van der Waals surface area contributed by atoms with Gasteiger partial charge in [0.2, 0.25) is 11.8 Å². The molecule has 3 rings (SSSR count). The lowest BCUT2D eigenvalue weighted by Crippen LogP contribution is -2.50. The van der Waals surface area contributed by atoms with Crippen LogP contribution in [0.2, 0.25) is 0 Å². The molecule has 3 heterocycles. The summed E-state index contributed by atoms with van der Waals surface area (Å²) in [6.45, 7) is 6.06. The van der Waals surface area contributed by atoms with Crippen molar-refractivity contribution in [2.45, 2.75) is 13.8 Å². The van der Waals surface area contributed by atoms with Gasteiger partial charge in [0.05, 0.1) is 29.5 Å². The Bertz CT molecular complexity index is 513. The fourth-order valence-corrected chi connectivity index (χ4v) is 2.82. The van der Waals surface area contributed by atoms with Crippen LogP contribution in [0.15, 0.2) is 12.4 Å². The fourth-order valence-electron chi connectivity index (χ4n) is 2.82. The van der Waals surface area contributed by atoms with Crippen LogP contribution in [0.4, 0.5) is 17.1 Å². The van der Waals surface area contributed by atoms with Gasteiger partial charge < -0.3 is 14.7 Å². The van der Waals surface area contributed by atoms with Crippen molar-refractivity contribution < 1.29 is 9.59 Å². The average Bonchev–Trinajstić information content (AvgIpc) is 2.39. The number of hydrogen-bond acceptors (Lipinski definition) is 4. The van der Waals surface area contributed by atoms with E-state index < -0.39 is 0 Å². The molecule has 0 aromatic carbocycles. The van der Waals surface area contributed by atoms with Crippen molar-refractivity contribution in [2.24, 2.45) is 0 Å².